The van der Waals surface area contributed by atoms with Crippen LogP contribution in [-0.4, -0.2) is 12.0 Å². The maximum atomic E-state index is 12.4. The van der Waals surface area contributed by atoms with Gasteiger partial charge in [0.1, 0.15) is 12.0 Å². The Morgan fingerprint density at radius 3 is 2.25 bits per heavy atom. The summed E-state index contributed by atoms with van der Waals surface area (Å²) in [5, 5.41) is 0. The molecule has 0 spiro atoms. The van der Waals surface area contributed by atoms with Crippen molar-refractivity contribution in [1.29, 1.82) is 0 Å². The van der Waals surface area contributed by atoms with Crippen molar-refractivity contribution in [3.05, 3.63) is 34.4 Å². The molecule has 2 atom stereocenters. The first-order valence-corrected chi connectivity index (χ1v) is 8.97. The highest BCUT2D eigenvalue weighted by Gasteiger charge is 2.18. The molecule has 2 unspecified atom stereocenters. The van der Waals surface area contributed by atoms with Gasteiger partial charge in [0.05, 0.1) is 7.77 Å². The van der Waals surface area contributed by atoms with Crippen molar-refractivity contribution in [1.82, 2.24) is 0 Å². The third kappa shape index (κ3) is 5.38. The molecule has 2 heteroatoms. The molecule has 0 bridgehead atoms. The molecule has 0 aliphatic heterocycles. The first kappa shape index (κ1) is 17.4. The topological polar surface area (TPSA) is 23.1 Å². The summed E-state index contributed by atoms with van der Waals surface area (Å²) in [4.78, 5) is 12.4. The Hall–Kier alpha value is -0.650. The van der Waals surface area contributed by atoms with Crippen molar-refractivity contribution in [2.45, 2.75) is 54.9 Å². The van der Waals surface area contributed by atoms with Crippen LogP contribution >= 0.6 is 7.77 Å². The summed E-state index contributed by atoms with van der Waals surface area (Å²) >= 11 is 0. The van der Waals surface area contributed by atoms with Crippen molar-refractivity contribution in [2.24, 2.45) is 11.3 Å². The summed E-state index contributed by atoms with van der Waals surface area (Å²) in [6.07, 6.45) is 1.91. The number of benzene rings is 1. The van der Waals surface area contributed by atoms with E-state index < -0.39 is 7.77 Å². The zero-order chi connectivity index (χ0) is 15.5. The average molecular weight is 292 g/mol. The van der Waals surface area contributed by atoms with Crippen LogP contribution in [0.15, 0.2) is 12.1 Å². The lowest BCUT2D eigenvalue weighted by Crippen LogP contribution is -2.14. The maximum Gasteiger partial charge on any atom is 0.112 e. The lowest BCUT2D eigenvalue weighted by atomic mass is 9.86. The van der Waals surface area contributed by atoms with E-state index in [4.69, 9.17) is 0 Å². The fraction of sp³-hybridized carbons (Fsp3) is 0.611. The monoisotopic (exact) mass is 292 g/mol. The SMILES string of the molecule is Cc1ccc(C)c(C=[P+]([O-])CC(C)CC(C)(C)C)c1C. The summed E-state index contributed by atoms with van der Waals surface area (Å²) < 4.78 is 0. The first-order valence-electron chi connectivity index (χ1n) is 7.45. The van der Waals surface area contributed by atoms with Crippen LogP contribution in [0.3, 0.4) is 0 Å². The van der Waals surface area contributed by atoms with Crippen LogP contribution in [0.2, 0.25) is 0 Å². The fourth-order valence-corrected chi connectivity index (χ4v) is 4.32. The Kier molecular flexibility index (Phi) is 5.98. The van der Waals surface area contributed by atoms with Crippen molar-refractivity contribution in [3.8, 4) is 0 Å². The molecule has 1 nitrogen and oxygen atoms in total. The molecule has 112 valence electrons. The average Bonchev–Trinajstić information content (AvgIpc) is 2.27. The molecular weight excluding hydrogens is 263 g/mol. The van der Waals surface area contributed by atoms with Crippen LogP contribution in [0, 0.1) is 32.1 Å². The van der Waals surface area contributed by atoms with Gasteiger partial charge in [0.25, 0.3) is 0 Å². The Bertz CT molecular complexity index is 495. The van der Waals surface area contributed by atoms with Crippen LogP contribution in [0.1, 0.15) is 56.4 Å². The predicted octanol–water partition coefficient (Wildman–Crippen LogP) is 4.59. The van der Waals surface area contributed by atoms with Crippen molar-refractivity contribution >= 4 is 13.6 Å². The molecule has 1 rings (SSSR count). The summed E-state index contributed by atoms with van der Waals surface area (Å²) in [5.74, 6) is 2.49. The zero-order valence-corrected chi connectivity index (χ0v) is 15.0. The largest absolute Gasteiger partial charge is 0.630 e. The van der Waals surface area contributed by atoms with E-state index in [1.165, 1.54) is 22.3 Å². The molecule has 0 saturated heterocycles. The highest BCUT2D eigenvalue weighted by atomic mass is 31.1. The van der Waals surface area contributed by atoms with Crippen molar-refractivity contribution in [2.75, 3.05) is 6.16 Å². The zero-order valence-electron chi connectivity index (χ0n) is 14.1. The maximum absolute atomic E-state index is 12.4. The summed E-state index contributed by atoms with van der Waals surface area (Å²) in [7, 11) is -1.27. The molecule has 0 N–H and O–H groups in total. The number of hydrogen-bond donors (Lipinski definition) is 0. The van der Waals surface area contributed by atoms with E-state index in [1.54, 1.807) is 0 Å². The Morgan fingerprint density at radius 2 is 1.70 bits per heavy atom. The van der Waals surface area contributed by atoms with E-state index in [0.717, 1.165) is 12.6 Å². The van der Waals surface area contributed by atoms with Crippen LogP contribution < -0.4 is 4.89 Å². The first-order chi connectivity index (χ1) is 9.10. The molecule has 20 heavy (non-hydrogen) atoms. The predicted molar refractivity (Wildman–Crippen MR) is 90.8 cm³/mol. The Morgan fingerprint density at radius 1 is 1.15 bits per heavy atom. The third-order valence-corrected chi connectivity index (χ3v) is 5.26. The van der Waals surface area contributed by atoms with Gasteiger partial charge in [0, 0.05) is 5.56 Å². The normalized spacial score (nSPS) is 14.5. The van der Waals surface area contributed by atoms with Gasteiger partial charge in [-0.1, -0.05) is 39.8 Å². The second-order valence-corrected chi connectivity index (χ2v) is 8.79. The number of rotatable bonds is 4. The molecule has 1 aromatic carbocycles. The Balaban J connectivity index is 2.87. The van der Waals surface area contributed by atoms with Crippen LogP contribution in [0.25, 0.3) is 0 Å². The molecular formula is C18H29OP. The van der Waals surface area contributed by atoms with Gasteiger partial charge in [0.15, 0.2) is 0 Å². The number of aryl methyl sites for hydroxylation is 2. The molecule has 0 heterocycles. The minimum absolute atomic E-state index is 0.310. The van der Waals surface area contributed by atoms with Crippen molar-refractivity contribution < 1.29 is 4.89 Å². The molecule has 0 amide bonds. The molecule has 0 fully saturated rings. The molecule has 0 saturated carbocycles. The van der Waals surface area contributed by atoms with Gasteiger partial charge in [-0.2, -0.15) is 0 Å². The van der Waals surface area contributed by atoms with Gasteiger partial charge in [0.2, 0.25) is 0 Å². The summed E-state index contributed by atoms with van der Waals surface area (Å²) in [5.41, 5.74) is 5.24. The molecule has 0 aromatic heterocycles. The van der Waals surface area contributed by atoms with E-state index >= 15 is 0 Å². The van der Waals surface area contributed by atoms with Crippen LogP contribution in [0.4, 0.5) is 0 Å². The van der Waals surface area contributed by atoms with E-state index in [2.05, 4.69) is 60.6 Å². The van der Waals surface area contributed by atoms with Crippen LogP contribution in [0.5, 0.6) is 0 Å². The van der Waals surface area contributed by atoms with Gasteiger partial charge in [-0.05, 0) is 55.2 Å². The number of hydrogen-bond acceptors (Lipinski definition) is 1. The van der Waals surface area contributed by atoms with E-state index in [9.17, 15) is 4.89 Å². The van der Waals surface area contributed by atoms with Gasteiger partial charge in [-0.3, -0.25) is 0 Å². The van der Waals surface area contributed by atoms with Crippen LogP contribution in [-0.2, 0) is 0 Å². The highest BCUT2D eigenvalue weighted by molar-refractivity contribution is 7.50. The molecule has 1 aromatic rings. The van der Waals surface area contributed by atoms with Gasteiger partial charge < -0.3 is 4.89 Å². The van der Waals surface area contributed by atoms with Gasteiger partial charge in [-0.15, -0.1) is 0 Å². The quantitative estimate of drug-likeness (QED) is 0.744. The smallest absolute Gasteiger partial charge is 0.112 e. The molecule has 0 aliphatic carbocycles. The fourth-order valence-electron chi connectivity index (χ4n) is 2.79. The van der Waals surface area contributed by atoms with Gasteiger partial charge in [-0.25, -0.2) is 0 Å². The van der Waals surface area contributed by atoms with E-state index in [1.807, 2.05) is 5.80 Å². The molecule has 0 aliphatic rings. The summed E-state index contributed by atoms with van der Waals surface area (Å²) in [6.45, 7) is 15.3. The second-order valence-electron chi connectivity index (χ2n) is 7.34. The van der Waals surface area contributed by atoms with Gasteiger partial charge >= 0.3 is 0 Å². The third-order valence-electron chi connectivity index (χ3n) is 3.73. The van der Waals surface area contributed by atoms with Crippen molar-refractivity contribution in [3.63, 3.8) is 0 Å². The standard InChI is InChI=1S/C18H29OP/c1-13(10-18(5,6)7)11-20(19)12-17-15(3)9-8-14(2)16(17)4/h8-9,12-13H,10-11H2,1-7H3. The minimum Gasteiger partial charge on any atom is -0.630 e. The summed E-state index contributed by atoms with van der Waals surface area (Å²) in [6, 6.07) is 4.26. The highest BCUT2D eigenvalue weighted by Crippen LogP contribution is 2.29. The second kappa shape index (κ2) is 6.87. The molecule has 0 radical (unpaired) electrons. The lowest BCUT2D eigenvalue weighted by molar-refractivity contribution is -0.153. The lowest BCUT2D eigenvalue weighted by Gasteiger charge is -2.22. The Labute approximate surface area is 125 Å². The van der Waals surface area contributed by atoms with E-state index in [0.29, 0.717) is 11.3 Å². The van der Waals surface area contributed by atoms with E-state index in [-0.39, 0.29) is 0 Å². The minimum atomic E-state index is -1.27.